The first-order chi connectivity index (χ1) is 12.3. The van der Waals surface area contributed by atoms with E-state index in [1.165, 1.54) is 25.4 Å². The minimum Gasteiger partial charge on any atom is -0.442 e. The molecule has 0 aliphatic rings. The SMILES string of the molecule is Cc1cnc([C@](C)(O)C#Cc2cccc(-c3nccc(C(N)=O)n3)c2)o1. The summed E-state index contributed by atoms with van der Waals surface area (Å²) in [7, 11) is 0. The standard InChI is InChI=1S/C19H16N4O3/c1-12-11-22-18(26-12)19(2,25)8-6-13-4-3-5-14(10-13)17-21-9-7-15(23-17)16(20)24/h3-5,7,9-11,25H,1-2H3,(H2,20,24)/t19-/m1/s1. The molecular weight excluding hydrogens is 332 g/mol. The van der Waals surface area contributed by atoms with E-state index < -0.39 is 11.5 Å². The van der Waals surface area contributed by atoms with E-state index in [2.05, 4.69) is 26.8 Å². The van der Waals surface area contributed by atoms with Gasteiger partial charge in [0.2, 0.25) is 5.89 Å². The maximum Gasteiger partial charge on any atom is 0.267 e. The molecule has 1 amide bonds. The van der Waals surface area contributed by atoms with Gasteiger partial charge < -0.3 is 15.3 Å². The van der Waals surface area contributed by atoms with Gasteiger partial charge in [0.1, 0.15) is 11.5 Å². The summed E-state index contributed by atoms with van der Waals surface area (Å²) in [5.41, 5.74) is 5.17. The van der Waals surface area contributed by atoms with E-state index >= 15 is 0 Å². The fraction of sp³-hybridized carbons (Fsp3) is 0.158. The summed E-state index contributed by atoms with van der Waals surface area (Å²) in [5, 5.41) is 10.4. The zero-order valence-corrected chi connectivity index (χ0v) is 14.2. The van der Waals surface area contributed by atoms with E-state index in [9.17, 15) is 9.90 Å². The van der Waals surface area contributed by atoms with E-state index in [0.29, 0.717) is 22.7 Å². The fourth-order valence-corrected chi connectivity index (χ4v) is 2.20. The lowest BCUT2D eigenvalue weighted by atomic mass is 10.1. The Bertz CT molecular complexity index is 1030. The molecule has 0 spiro atoms. The molecule has 1 aromatic carbocycles. The van der Waals surface area contributed by atoms with E-state index in [1.54, 1.807) is 31.2 Å². The Balaban J connectivity index is 1.91. The van der Waals surface area contributed by atoms with Crippen LogP contribution in [0.2, 0.25) is 0 Å². The molecule has 0 unspecified atom stereocenters. The maximum absolute atomic E-state index is 11.3. The average molecular weight is 348 g/mol. The molecule has 0 aliphatic carbocycles. The summed E-state index contributed by atoms with van der Waals surface area (Å²) in [5.74, 6) is 6.11. The maximum atomic E-state index is 11.3. The van der Waals surface area contributed by atoms with Crippen LogP contribution >= 0.6 is 0 Å². The first-order valence-electron chi connectivity index (χ1n) is 7.77. The molecule has 7 heteroatoms. The number of amides is 1. The lowest BCUT2D eigenvalue weighted by Crippen LogP contribution is -2.18. The molecule has 0 saturated heterocycles. The number of rotatable bonds is 3. The number of primary amides is 1. The highest BCUT2D eigenvalue weighted by Crippen LogP contribution is 2.20. The van der Waals surface area contributed by atoms with Crippen molar-refractivity contribution in [3.8, 4) is 23.2 Å². The normalized spacial score (nSPS) is 12.7. The predicted molar refractivity (Wildman–Crippen MR) is 93.7 cm³/mol. The Hall–Kier alpha value is -3.50. The molecule has 7 nitrogen and oxygen atoms in total. The third kappa shape index (κ3) is 3.77. The predicted octanol–water partition coefficient (Wildman–Crippen LogP) is 1.80. The molecule has 3 rings (SSSR count). The van der Waals surface area contributed by atoms with Crippen molar-refractivity contribution in [2.24, 2.45) is 5.73 Å². The van der Waals surface area contributed by atoms with Crippen LogP contribution < -0.4 is 5.73 Å². The molecule has 130 valence electrons. The Kier molecular flexibility index (Phi) is 4.52. The molecule has 0 bridgehead atoms. The number of hydrogen-bond donors (Lipinski definition) is 2. The van der Waals surface area contributed by atoms with Gasteiger partial charge >= 0.3 is 0 Å². The third-order valence-corrected chi connectivity index (χ3v) is 3.52. The summed E-state index contributed by atoms with van der Waals surface area (Å²) in [6.07, 6.45) is 2.99. The molecule has 0 aliphatic heterocycles. The summed E-state index contributed by atoms with van der Waals surface area (Å²) in [4.78, 5) is 23.6. The Morgan fingerprint density at radius 1 is 1.31 bits per heavy atom. The smallest absolute Gasteiger partial charge is 0.267 e. The van der Waals surface area contributed by atoms with Crippen LogP contribution in [-0.2, 0) is 5.60 Å². The van der Waals surface area contributed by atoms with Gasteiger partial charge in [-0.25, -0.2) is 15.0 Å². The van der Waals surface area contributed by atoms with Crippen molar-refractivity contribution in [3.05, 3.63) is 65.6 Å². The van der Waals surface area contributed by atoms with Crippen molar-refractivity contribution in [1.82, 2.24) is 15.0 Å². The molecule has 2 aromatic heterocycles. The quantitative estimate of drug-likeness (QED) is 0.697. The van der Waals surface area contributed by atoms with E-state index in [4.69, 9.17) is 10.2 Å². The number of carbonyl (C=O) groups excluding carboxylic acids is 1. The topological polar surface area (TPSA) is 115 Å². The van der Waals surface area contributed by atoms with Crippen LogP contribution in [0.15, 0.2) is 47.1 Å². The van der Waals surface area contributed by atoms with Gasteiger partial charge in [-0.15, -0.1) is 0 Å². The molecule has 26 heavy (non-hydrogen) atoms. The van der Waals surface area contributed by atoms with Crippen LogP contribution in [-0.4, -0.2) is 26.0 Å². The highest BCUT2D eigenvalue weighted by molar-refractivity contribution is 5.91. The number of oxazole rings is 1. The lowest BCUT2D eigenvalue weighted by molar-refractivity contribution is 0.0882. The summed E-state index contributed by atoms with van der Waals surface area (Å²) >= 11 is 0. The summed E-state index contributed by atoms with van der Waals surface area (Å²) < 4.78 is 5.34. The minimum absolute atomic E-state index is 0.133. The Morgan fingerprint density at radius 2 is 2.12 bits per heavy atom. The van der Waals surface area contributed by atoms with Gasteiger partial charge in [-0.2, -0.15) is 0 Å². The van der Waals surface area contributed by atoms with Gasteiger partial charge in [0.05, 0.1) is 6.20 Å². The second kappa shape index (κ2) is 6.78. The Labute approximate surface area is 149 Å². The van der Waals surface area contributed by atoms with Gasteiger partial charge in [-0.1, -0.05) is 24.0 Å². The molecular formula is C19H16N4O3. The van der Waals surface area contributed by atoms with Crippen LogP contribution in [0.5, 0.6) is 0 Å². The second-order valence-electron chi connectivity index (χ2n) is 5.81. The number of benzene rings is 1. The number of aliphatic hydroxyl groups is 1. The second-order valence-corrected chi connectivity index (χ2v) is 5.81. The number of carbonyl (C=O) groups is 1. The number of nitrogens with two attached hydrogens (primary N) is 1. The van der Waals surface area contributed by atoms with Crippen LogP contribution in [0.4, 0.5) is 0 Å². The van der Waals surface area contributed by atoms with E-state index in [-0.39, 0.29) is 11.6 Å². The van der Waals surface area contributed by atoms with Crippen molar-refractivity contribution in [1.29, 1.82) is 0 Å². The van der Waals surface area contributed by atoms with Crippen LogP contribution in [0, 0.1) is 18.8 Å². The minimum atomic E-state index is -1.52. The van der Waals surface area contributed by atoms with Crippen LogP contribution in [0.3, 0.4) is 0 Å². The molecule has 0 fully saturated rings. The van der Waals surface area contributed by atoms with Crippen molar-refractivity contribution >= 4 is 5.91 Å². The molecule has 1 atom stereocenters. The molecule has 0 radical (unpaired) electrons. The third-order valence-electron chi connectivity index (χ3n) is 3.52. The van der Waals surface area contributed by atoms with Crippen molar-refractivity contribution in [3.63, 3.8) is 0 Å². The van der Waals surface area contributed by atoms with Crippen LogP contribution in [0.1, 0.15) is 34.6 Å². The highest BCUT2D eigenvalue weighted by Gasteiger charge is 2.26. The van der Waals surface area contributed by atoms with Gasteiger partial charge in [-0.05, 0) is 32.0 Å². The molecule has 3 aromatic rings. The van der Waals surface area contributed by atoms with Gasteiger partial charge in [0.15, 0.2) is 11.4 Å². The van der Waals surface area contributed by atoms with Crippen molar-refractivity contribution in [2.45, 2.75) is 19.4 Å². The zero-order valence-electron chi connectivity index (χ0n) is 14.2. The fourth-order valence-electron chi connectivity index (χ4n) is 2.20. The van der Waals surface area contributed by atoms with Gasteiger partial charge in [0, 0.05) is 17.3 Å². The van der Waals surface area contributed by atoms with Crippen LogP contribution in [0.25, 0.3) is 11.4 Å². The summed E-state index contributed by atoms with van der Waals surface area (Å²) in [6.45, 7) is 3.25. The average Bonchev–Trinajstić information content (AvgIpc) is 3.08. The monoisotopic (exact) mass is 348 g/mol. The molecule has 2 heterocycles. The number of aryl methyl sites for hydroxylation is 1. The number of aromatic nitrogens is 3. The number of nitrogens with zero attached hydrogens (tertiary/aromatic N) is 3. The first kappa shape index (κ1) is 17.3. The lowest BCUT2D eigenvalue weighted by Gasteiger charge is -2.10. The number of hydrogen-bond acceptors (Lipinski definition) is 6. The molecule has 3 N–H and O–H groups in total. The van der Waals surface area contributed by atoms with Gasteiger partial charge in [0.25, 0.3) is 5.91 Å². The summed E-state index contributed by atoms with van der Waals surface area (Å²) in [6, 6.07) is 8.56. The van der Waals surface area contributed by atoms with Gasteiger partial charge in [-0.3, -0.25) is 4.79 Å². The van der Waals surface area contributed by atoms with E-state index in [1.807, 2.05) is 0 Å². The zero-order chi connectivity index (χ0) is 18.7. The van der Waals surface area contributed by atoms with Crippen molar-refractivity contribution in [2.75, 3.05) is 0 Å². The first-order valence-corrected chi connectivity index (χ1v) is 7.77. The molecule has 0 saturated carbocycles. The largest absolute Gasteiger partial charge is 0.442 e. The van der Waals surface area contributed by atoms with E-state index in [0.717, 1.165) is 0 Å². The highest BCUT2D eigenvalue weighted by atomic mass is 16.4. The van der Waals surface area contributed by atoms with Crippen molar-refractivity contribution < 1.29 is 14.3 Å². The Morgan fingerprint density at radius 3 is 2.81 bits per heavy atom.